The fourth-order valence-corrected chi connectivity index (χ4v) is 3.72. The molecule has 2 aromatic carbocycles. The fourth-order valence-electron chi connectivity index (χ4n) is 3.72. The van der Waals surface area contributed by atoms with Gasteiger partial charge >= 0.3 is 0 Å². The number of nitrogens with zero attached hydrogens (tertiary/aromatic N) is 2. The van der Waals surface area contributed by atoms with Crippen LogP contribution >= 0.6 is 0 Å². The first kappa shape index (κ1) is 16.4. The lowest BCUT2D eigenvalue weighted by Crippen LogP contribution is -2.30. The average Bonchev–Trinajstić information content (AvgIpc) is 2.98. The van der Waals surface area contributed by atoms with Crippen LogP contribution < -0.4 is 4.57 Å². The Morgan fingerprint density at radius 2 is 1.88 bits per heavy atom. The van der Waals surface area contributed by atoms with Crippen molar-refractivity contribution in [3.63, 3.8) is 0 Å². The zero-order valence-corrected chi connectivity index (χ0v) is 15.5. The Labute approximate surface area is 153 Å². The largest absolute Gasteiger partial charge is 0.456 e. The van der Waals surface area contributed by atoms with Crippen molar-refractivity contribution in [1.82, 2.24) is 0 Å². The molecule has 0 N–H and O–H groups in total. The van der Waals surface area contributed by atoms with E-state index in [0.29, 0.717) is 5.92 Å². The number of aryl methyl sites for hydroxylation is 2. The SMILES string of the molecule is Cc1cc2c(cc1-c1cccc[n+]1C)oc1ccc(C(C)C)c(C#N)c12. The zero-order chi connectivity index (χ0) is 18.4. The van der Waals surface area contributed by atoms with Crippen molar-refractivity contribution >= 4 is 21.9 Å². The molecule has 0 fully saturated rings. The lowest BCUT2D eigenvalue weighted by atomic mass is 9.93. The molecule has 0 atom stereocenters. The van der Waals surface area contributed by atoms with Gasteiger partial charge in [-0.1, -0.05) is 19.9 Å². The summed E-state index contributed by atoms with van der Waals surface area (Å²) in [4.78, 5) is 0. The quantitative estimate of drug-likeness (QED) is 0.459. The van der Waals surface area contributed by atoms with Gasteiger partial charge in [-0.05, 0) is 48.2 Å². The highest BCUT2D eigenvalue weighted by Gasteiger charge is 2.19. The number of hydrogen-bond acceptors (Lipinski definition) is 2. The third kappa shape index (κ3) is 2.38. The van der Waals surface area contributed by atoms with Crippen LogP contribution in [0.3, 0.4) is 0 Å². The van der Waals surface area contributed by atoms with E-state index < -0.39 is 0 Å². The second-order valence-corrected chi connectivity index (χ2v) is 7.13. The highest BCUT2D eigenvalue weighted by molar-refractivity contribution is 6.09. The maximum atomic E-state index is 9.79. The molecule has 4 aromatic rings. The smallest absolute Gasteiger partial charge is 0.212 e. The molecule has 0 saturated heterocycles. The first-order chi connectivity index (χ1) is 12.5. The van der Waals surface area contributed by atoms with Gasteiger partial charge in [-0.2, -0.15) is 5.26 Å². The van der Waals surface area contributed by atoms with Crippen LogP contribution in [0.2, 0.25) is 0 Å². The second-order valence-electron chi connectivity index (χ2n) is 7.13. The van der Waals surface area contributed by atoms with E-state index in [1.54, 1.807) is 0 Å². The summed E-state index contributed by atoms with van der Waals surface area (Å²) in [6.07, 6.45) is 2.04. The Morgan fingerprint density at radius 3 is 2.58 bits per heavy atom. The number of pyridine rings is 1. The Bertz CT molecular complexity index is 1190. The maximum Gasteiger partial charge on any atom is 0.212 e. The Morgan fingerprint density at radius 1 is 1.08 bits per heavy atom. The number of benzene rings is 2. The van der Waals surface area contributed by atoms with E-state index in [1.807, 2.05) is 37.5 Å². The van der Waals surface area contributed by atoms with Gasteiger partial charge in [0, 0.05) is 22.9 Å². The molecule has 0 spiro atoms. The standard InChI is InChI=1S/C23H21N2O/c1-14(2)16-8-9-21-23(19(16)13-24)18-11-15(3)17(12-22(18)26-21)20-7-5-6-10-25(20)4/h5-12,14H,1-4H3/q+1. The fraction of sp³-hybridized carbons (Fsp3) is 0.217. The van der Waals surface area contributed by atoms with E-state index in [0.717, 1.165) is 44.3 Å². The van der Waals surface area contributed by atoms with Gasteiger partial charge in [-0.15, -0.1) is 0 Å². The van der Waals surface area contributed by atoms with E-state index >= 15 is 0 Å². The first-order valence-electron chi connectivity index (χ1n) is 8.86. The third-order valence-electron chi connectivity index (χ3n) is 5.08. The van der Waals surface area contributed by atoms with Gasteiger partial charge in [0.2, 0.25) is 5.69 Å². The van der Waals surface area contributed by atoms with Crippen molar-refractivity contribution in [3.8, 4) is 17.3 Å². The van der Waals surface area contributed by atoms with Crippen LogP contribution in [0.25, 0.3) is 33.2 Å². The minimum absolute atomic E-state index is 0.294. The van der Waals surface area contributed by atoms with E-state index in [4.69, 9.17) is 4.42 Å². The molecule has 26 heavy (non-hydrogen) atoms. The third-order valence-corrected chi connectivity index (χ3v) is 5.08. The molecule has 0 aliphatic heterocycles. The van der Waals surface area contributed by atoms with Crippen molar-refractivity contribution in [2.75, 3.05) is 0 Å². The number of hydrogen-bond donors (Lipinski definition) is 0. The second kappa shape index (κ2) is 6.00. The van der Waals surface area contributed by atoms with Gasteiger partial charge in [0.25, 0.3) is 0 Å². The summed E-state index contributed by atoms with van der Waals surface area (Å²) in [6, 6.07) is 16.8. The summed E-state index contributed by atoms with van der Waals surface area (Å²) >= 11 is 0. The molecule has 3 nitrogen and oxygen atoms in total. The predicted octanol–water partition coefficient (Wildman–Crippen LogP) is 5.38. The molecular weight excluding hydrogens is 320 g/mol. The van der Waals surface area contributed by atoms with Crippen molar-refractivity contribution in [3.05, 3.63) is 65.4 Å². The maximum absolute atomic E-state index is 9.79. The predicted molar refractivity (Wildman–Crippen MR) is 104 cm³/mol. The summed E-state index contributed by atoms with van der Waals surface area (Å²) in [7, 11) is 2.04. The molecule has 0 radical (unpaired) electrons. The lowest BCUT2D eigenvalue weighted by molar-refractivity contribution is -0.660. The van der Waals surface area contributed by atoms with Gasteiger partial charge in [0.15, 0.2) is 6.20 Å². The zero-order valence-electron chi connectivity index (χ0n) is 15.5. The van der Waals surface area contributed by atoms with Crippen LogP contribution in [0.15, 0.2) is 53.1 Å². The van der Waals surface area contributed by atoms with Crippen LogP contribution in [0.4, 0.5) is 0 Å². The Hall–Kier alpha value is -3.12. The van der Waals surface area contributed by atoms with E-state index in [2.05, 4.69) is 49.6 Å². The first-order valence-corrected chi connectivity index (χ1v) is 8.86. The molecule has 2 heterocycles. The van der Waals surface area contributed by atoms with E-state index in [-0.39, 0.29) is 0 Å². The van der Waals surface area contributed by atoms with E-state index in [9.17, 15) is 5.26 Å². The molecular formula is C23H21N2O+. The summed E-state index contributed by atoms with van der Waals surface area (Å²) in [6.45, 7) is 6.34. The molecule has 0 bridgehead atoms. The van der Waals surface area contributed by atoms with Crippen molar-refractivity contribution < 1.29 is 8.98 Å². The molecule has 0 unspecified atom stereocenters. The Balaban J connectivity index is 2.07. The minimum Gasteiger partial charge on any atom is -0.456 e. The molecule has 0 aliphatic carbocycles. The van der Waals surface area contributed by atoms with Gasteiger partial charge in [0.1, 0.15) is 24.3 Å². The normalized spacial score (nSPS) is 11.4. The Kier molecular flexibility index (Phi) is 3.77. The number of nitriles is 1. The molecule has 4 rings (SSSR count). The summed E-state index contributed by atoms with van der Waals surface area (Å²) in [5, 5.41) is 11.7. The topological polar surface area (TPSA) is 40.8 Å². The van der Waals surface area contributed by atoms with Crippen LogP contribution in [0, 0.1) is 18.3 Å². The van der Waals surface area contributed by atoms with Crippen molar-refractivity contribution in [2.45, 2.75) is 26.7 Å². The minimum atomic E-state index is 0.294. The van der Waals surface area contributed by atoms with Crippen LogP contribution in [-0.4, -0.2) is 0 Å². The molecule has 0 aliphatic rings. The lowest BCUT2D eigenvalue weighted by Gasteiger charge is -2.08. The van der Waals surface area contributed by atoms with Gasteiger partial charge in [-0.25, -0.2) is 4.57 Å². The molecule has 2 aromatic heterocycles. The summed E-state index contributed by atoms with van der Waals surface area (Å²) in [5.74, 6) is 0.294. The van der Waals surface area contributed by atoms with Gasteiger partial charge in [-0.3, -0.25) is 0 Å². The van der Waals surface area contributed by atoms with Gasteiger partial charge < -0.3 is 4.42 Å². The van der Waals surface area contributed by atoms with E-state index in [1.165, 1.54) is 5.56 Å². The van der Waals surface area contributed by atoms with Crippen molar-refractivity contribution in [2.24, 2.45) is 7.05 Å². The number of furan rings is 1. The summed E-state index contributed by atoms with van der Waals surface area (Å²) in [5.41, 5.74) is 6.84. The van der Waals surface area contributed by atoms with Crippen molar-refractivity contribution in [1.29, 1.82) is 5.26 Å². The van der Waals surface area contributed by atoms with Crippen LogP contribution in [0.5, 0.6) is 0 Å². The number of rotatable bonds is 2. The number of aromatic nitrogens is 1. The molecule has 3 heteroatoms. The number of fused-ring (bicyclic) bond motifs is 3. The highest BCUT2D eigenvalue weighted by Crippen LogP contribution is 2.37. The van der Waals surface area contributed by atoms with Crippen LogP contribution in [0.1, 0.15) is 36.5 Å². The molecule has 128 valence electrons. The molecule has 0 amide bonds. The monoisotopic (exact) mass is 341 g/mol. The summed E-state index contributed by atoms with van der Waals surface area (Å²) < 4.78 is 8.23. The van der Waals surface area contributed by atoms with Gasteiger partial charge in [0.05, 0.1) is 11.1 Å². The highest BCUT2D eigenvalue weighted by atomic mass is 16.3. The van der Waals surface area contributed by atoms with Crippen LogP contribution in [-0.2, 0) is 7.05 Å². The average molecular weight is 341 g/mol. The molecule has 0 saturated carbocycles.